The predicted molar refractivity (Wildman–Crippen MR) is 110 cm³/mol. The third kappa shape index (κ3) is 2.84. The van der Waals surface area contributed by atoms with Gasteiger partial charge in [0.15, 0.2) is 0 Å². The molecule has 2 aromatic carbocycles. The molecule has 2 heterocycles. The Hall–Kier alpha value is -2.46. The highest BCUT2D eigenvalue weighted by atomic mass is 32.2. The third-order valence-electron chi connectivity index (χ3n) is 4.85. The van der Waals surface area contributed by atoms with E-state index in [2.05, 4.69) is 79.0 Å². The van der Waals surface area contributed by atoms with E-state index in [-0.39, 0.29) is 0 Å². The van der Waals surface area contributed by atoms with Crippen molar-refractivity contribution in [3.8, 4) is 5.75 Å². The second kappa shape index (κ2) is 6.69. The van der Waals surface area contributed by atoms with Crippen molar-refractivity contribution in [2.45, 2.75) is 18.7 Å². The first-order valence-electron chi connectivity index (χ1n) is 8.87. The zero-order chi connectivity index (χ0) is 18.3. The van der Waals surface area contributed by atoms with Gasteiger partial charge in [-0.25, -0.2) is 0 Å². The van der Waals surface area contributed by atoms with Crippen molar-refractivity contribution < 1.29 is 9.30 Å². The Morgan fingerprint density at radius 2 is 2.00 bits per heavy atom. The lowest BCUT2D eigenvalue weighted by Crippen LogP contribution is -2.33. The number of hydrogen-bond donors (Lipinski definition) is 0. The molecule has 3 aromatic rings. The van der Waals surface area contributed by atoms with E-state index in [9.17, 15) is 0 Å². The first-order valence-corrected chi connectivity index (χ1v) is 9.68. The number of anilines is 1. The Balaban J connectivity index is 1.74. The molecule has 1 aliphatic rings. The van der Waals surface area contributed by atoms with Gasteiger partial charge < -0.3 is 9.64 Å². The molecule has 1 aliphatic heterocycles. The average molecular weight is 364 g/mol. The summed E-state index contributed by atoms with van der Waals surface area (Å²) in [5.41, 5.74) is 4.99. The molecular formula is C22H23N2OS+. The number of fused-ring (bicyclic) bond motifs is 2. The van der Waals surface area contributed by atoms with Crippen LogP contribution in [0.25, 0.3) is 17.0 Å². The molecule has 1 aromatic heterocycles. The molecule has 3 nitrogen and oxygen atoms in total. The molecule has 0 aliphatic carbocycles. The maximum atomic E-state index is 5.64. The van der Waals surface area contributed by atoms with Crippen molar-refractivity contribution in [1.29, 1.82) is 0 Å². The van der Waals surface area contributed by atoms with Crippen molar-refractivity contribution >= 4 is 34.4 Å². The summed E-state index contributed by atoms with van der Waals surface area (Å²) in [6.07, 6.45) is 2.26. The molecule has 0 amide bonds. The molecule has 0 fully saturated rings. The van der Waals surface area contributed by atoms with Crippen molar-refractivity contribution in [3.63, 3.8) is 0 Å². The van der Waals surface area contributed by atoms with Gasteiger partial charge in [-0.05, 0) is 44.2 Å². The predicted octanol–water partition coefficient (Wildman–Crippen LogP) is 4.91. The van der Waals surface area contributed by atoms with Crippen molar-refractivity contribution in [2.75, 3.05) is 18.6 Å². The molecule has 0 saturated heterocycles. The summed E-state index contributed by atoms with van der Waals surface area (Å²) in [7, 11) is 4.26. The van der Waals surface area contributed by atoms with Crippen molar-refractivity contribution in [2.24, 2.45) is 7.05 Å². The first-order chi connectivity index (χ1) is 12.6. The number of ether oxygens (including phenoxy) is 1. The van der Waals surface area contributed by atoms with Gasteiger partial charge in [0.25, 0.3) is 0 Å². The second-order valence-corrected chi connectivity index (χ2v) is 7.60. The van der Waals surface area contributed by atoms with Crippen LogP contribution in [0.15, 0.2) is 58.5 Å². The van der Waals surface area contributed by atoms with E-state index in [0.29, 0.717) is 6.61 Å². The zero-order valence-corrected chi connectivity index (χ0v) is 16.4. The lowest BCUT2D eigenvalue weighted by molar-refractivity contribution is -0.647. The fraction of sp³-hybridized carbons (Fsp3) is 0.227. The van der Waals surface area contributed by atoms with Gasteiger partial charge in [0, 0.05) is 35.0 Å². The molecule has 132 valence electrons. The minimum atomic E-state index is 0.689. The van der Waals surface area contributed by atoms with Gasteiger partial charge >= 0.3 is 0 Å². The minimum absolute atomic E-state index is 0.689. The van der Waals surface area contributed by atoms with E-state index >= 15 is 0 Å². The normalized spacial score (nSPS) is 14.9. The lowest BCUT2D eigenvalue weighted by Gasteiger charge is -2.13. The van der Waals surface area contributed by atoms with Gasteiger partial charge in [0.2, 0.25) is 11.2 Å². The van der Waals surface area contributed by atoms with Gasteiger partial charge in [-0.15, -0.1) is 0 Å². The monoisotopic (exact) mass is 363 g/mol. The highest BCUT2D eigenvalue weighted by molar-refractivity contribution is 8.03. The van der Waals surface area contributed by atoms with Crippen LogP contribution in [-0.2, 0) is 7.05 Å². The Morgan fingerprint density at radius 1 is 1.15 bits per heavy atom. The van der Waals surface area contributed by atoms with Crippen LogP contribution in [0.4, 0.5) is 5.69 Å². The fourth-order valence-corrected chi connectivity index (χ4v) is 4.62. The summed E-state index contributed by atoms with van der Waals surface area (Å²) in [5, 5.41) is 2.49. The van der Waals surface area contributed by atoms with E-state index in [0.717, 1.165) is 5.75 Å². The smallest absolute Gasteiger partial charge is 0.215 e. The van der Waals surface area contributed by atoms with Crippen LogP contribution in [0.1, 0.15) is 18.2 Å². The SMILES string of the molecule is CCOc1ccc2c(c1)S/C(=C\c1ccc3cccc(C)c3[n+]1C)N2C. The number of pyridine rings is 1. The molecule has 0 radical (unpaired) electrons. The van der Waals surface area contributed by atoms with Crippen LogP contribution in [0.5, 0.6) is 5.75 Å². The van der Waals surface area contributed by atoms with E-state index in [1.54, 1.807) is 11.8 Å². The van der Waals surface area contributed by atoms with Crippen LogP contribution in [-0.4, -0.2) is 13.7 Å². The highest BCUT2D eigenvalue weighted by Crippen LogP contribution is 2.46. The Bertz CT molecular complexity index is 1030. The summed E-state index contributed by atoms with van der Waals surface area (Å²) >= 11 is 1.79. The molecule has 0 spiro atoms. The molecule has 0 saturated carbocycles. The van der Waals surface area contributed by atoms with Crippen LogP contribution < -0.4 is 14.2 Å². The van der Waals surface area contributed by atoms with Crippen LogP contribution in [0.2, 0.25) is 0 Å². The number of para-hydroxylation sites is 1. The van der Waals surface area contributed by atoms with Crippen molar-refractivity contribution in [3.05, 3.63) is 64.8 Å². The van der Waals surface area contributed by atoms with E-state index in [1.165, 1.54) is 37.8 Å². The fourth-order valence-electron chi connectivity index (χ4n) is 3.50. The molecule has 0 N–H and O–H groups in total. The summed E-state index contributed by atoms with van der Waals surface area (Å²) in [6, 6.07) is 17.2. The Morgan fingerprint density at radius 3 is 2.81 bits per heavy atom. The van der Waals surface area contributed by atoms with Gasteiger partial charge in [0.1, 0.15) is 12.8 Å². The largest absolute Gasteiger partial charge is 0.494 e. The molecule has 4 heteroatoms. The van der Waals surface area contributed by atoms with E-state index < -0.39 is 0 Å². The molecular weight excluding hydrogens is 340 g/mol. The topological polar surface area (TPSA) is 16.4 Å². The summed E-state index contributed by atoms with van der Waals surface area (Å²) in [5.74, 6) is 0.931. The van der Waals surface area contributed by atoms with Gasteiger partial charge in [0.05, 0.1) is 17.3 Å². The zero-order valence-electron chi connectivity index (χ0n) is 15.6. The minimum Gasteiger partial charge on any atom is -0.494 e. The maximum absolute atomic E-state index is 5.64. The highest BCUT2D eigenvalue weighted by Gasteiger charge is 2.24. The lowest BCUT2D eigenvalue weighted by atomic mass is 10.1. The summed E-state index contributed by atoms with van der Waals surface area (Å²) in [4.78, 5) is 3.49. The van der Waals surface area contributed by atoms with Crippen LogP contribution >= 0.6 is 11.8 Å². The maximum Gasteiger partial charge on any atom is 0.215 e. The number of hydrogen-bond acceptors (Lipinski definition) is 3. The molecule has 0 atom stereocenters. The van der Waals surface area contributed by atoms with Crippen LogP contribution in [0, 0.1) is 6.92 Å². The second-order valence-electron chi connectivity index (χ2n) is 6.54. The first kappa shape index (κ1) is 17.0. The molecule has 26 heavy (non-hydrogen) atoms. The van der Waals surface area contributed by atoms with Gasteiger partial charge in [-0.3, -0.25) is 0 Å². The van der Waals surface area contributed by atoms with E-state index in [1.807, 2.05) is 13.0 Å². The van der Waals surface area contributed by atoms with Gasteiger partial charge in [-0.2, -0.15) is 4.57 Å². The number of rotatable bonds is 3. The summed E-state index contributed by atoms with van der Waals surface area (Å²) < 4.78 is 7.92. The molecule has 4 rings (SSSR count). The average Bonchev–Trinajstić information content (AvgIpc) is 2.93. The number of benzene rings is 2. The third-order valence-corrected chi connectivity index (χ3v) is 5.99. The number of aryl methyl sites for hydroxylation is 2. The number of aromatic nitrogens is 1. The van der Waals surface area contributed by atoms with E-state index in [4.69, 9.17) is 4.74 Å². The van der Waals surface area contributed by atoms with Crippen LogP contribution in [0.3, 0.4) is 0 Å². The van der Waals surface area contributed by atoms with Crippen molar-refractivity contribution in [1.82, 2.24) is 0 Å². The quantitative estimate of drug-likeness (QED) is 0.615. The number of nitrogens with zero attached hydrogens (tertiary/aromatic N) is 2. The molecule has 0 unspecified atom stereocenters. The molecule has 0 bridgehead atoms. The number of thioether (sulfide) groups is 1. The van der Waals surface area contributed by atoms with Gasteiger partial charge in [-0.1, -0.05) is 23.9 Å². The Kier molecular flexibility index (Phi) is 4.37. The Labute approximate surface area is 158 Å². The summed E-state index contributed by atoms with van der Waals surface area (Å²) in [6.45, 7) is 4.87. The standard InChI is InChI=1S/C22H23N2OS/c1-5-25-18-11-12-19-20(14-18)26-21(24(19)4)13-17-10-9-16-8-6-7-15(2)22(16)23(17)3/h6-14H,5H2,1-4H3/q+1.